The zero-order valence-electron chi connectivity index (χ0n) is 20.7. The molecular weight excluding hydrogens is 468 g/mol. The lowest BCUT2D eigenvalue weighted by Crippen LogP contribution is -2.26. The standard InChI is InChI=1S/C33H24N4O/c1-2-11-27-23(8-1)20-35-21-32(27)36(22-35)24-9-7-10-25(18-24)38-26-15-16-29-28-12-3-4-13-30(28)37(31(29)19-26)33-14-5-6-17-34-33/h1-19,32H,20-21H2. The van der Waals surface area contributed by atoms with Gasteiger partial charge in [0.1, 0.15) is 36.2 Å². The average Bonchev–Trinajstić information content (AvgIpc) is 3.48. The van der Waals surface area contributed by atoms with Gasteiger partial charge in [-0.3, -0.25) is 4.57 Å². The number of rotatable bonds is 4. The number of hydrogen-bond donors (Lipinski definition) is 0. The Morgan fingerprint density at radius 1 is 0.763 bits per heavy atom. The number of hydrogen-bond acceptors (Lipinski definition) is 3. The molecule has 2 bridgehead atoms. The van der Waals surface area contributed by atoms with Crippen LogP contribution in [0, 0.1) is 0 Å². The van der Waals surface area contributed by atoms with Crippen LogP contribution in [0.4, 0.5) is 5.69 Å². The van der Waals surface area contributed by atoms with Crippen molar-refractivity contribution in [1.29, 1.82) is 0 Å². The third-order valence-electron chi connectivity index (χ3n) is 7.58. The molecule has 182 valence electrons. The van der Waals surface area contributed by atoms with Crippen molar-refractivity contribution in [2.45, 2.75) is 12.6 Å². The first kappa shape index (κ1) is 21.2. The second kappa shape index (κ2) is 8.32. The number of benzene rings is 4. The topological polar surface area (TPSA) is 33.3 Å². The Bertz CT molecular complexity index is 1870. The second-order valence-corrected chi connectivity index (χ2v) is 9.88. The summed E-state index contributed by atoms with van der Waals surface area (Å²) in [5.74, 6) is 2.48. The lowest BCUT2D eigenvalue weighted by molar-refractivity contribution is -0.537. The summed E-state index contributed by atoms with van der Waals surface area (Å²) in [6, 6.07) is 38.0. The normalized spacial score (nSPS) is 16.1. The highest BCUT2D eigenvalue weighted by Gasteiger charge is 2.34. The monoisotopic (exact) mass is 492 g/mol. The molecule has 5 heteroatoms. The molecule has 0 spiro atoms. The Morgan fingerprint density at radius 2 is 1.61 bits per heavy atom. The van der Waals surface area contributed by atoms with Crippen LogP contribution in [0.25, 0.3) is 27.6 Å². The maximum atomic E-state index is 6.45. The minimum absolute atomic E-state index is 0.264. The fourth-order valence-corrected chi connectivity index (χ4v) is 5.92. The van der Waals surface area contributed by atoms with Crippen molar-refractivity contribution in [2.75, 3.05) is 11.4 Å². The summed E-state index contributed by atoms with van der Waals surface area (Å²) < 4.78 is 10.9. The molecule has 0 saturated heterocycles. The number of anilines is 1. The smallest absolute Gasteiger partial charge is 0.137 e. The summed E-state index contributed by atoms with van der Waals surface area (Å²) >= 11 is 0. The van der Waals surface area contributed by atoms with E-state index in [0.717, 1.165) is 47.1 Å². The van der Waals surface area contributed by atoms with Gasteiger partial charge in [0, 0.05) is 28.6 Å². The Hall–Kier alpha value is -4.90. The van der Waals surface area contributed by atoms with Gasteiger partial charge in [0.15, 0.2) is 0 Å². The van der Waals surface area contributed by atoms with Gasteiger partial charge < -0.3 is 14.2 Å². The molecule has 1 unspecified atom stereocenters. The molecular formula is C33H24N4O. The summed E-state index contributed by atoms with van der Waals surface area (Å²) in [7, 11) is 0. The van der Waals surface area contributed by atoms with E-state index in [4.69, 9.17) is 4.74 Å². The molecule has 6 aromatic rings. The quantitative estimate of drug-likeness (QED) is 0.197. The van der Waals surface area contributed by atoms with Crippen molar-refractivity contribution in [3.8, 4) is 17.3 Å². The van der Waals surface area contributed by atoms with Crippen LogP contribution in [0.2, 0.25) is 0 Å². The van der Waals surface area contributed by atoms with Gasteiger partial charge in [-0.1, -0.05) is 66.7 Å². The third kappa shape index (κ3) is 3.32. The highest BCUT2D eigenvalue weighted by molar-refractivity contribution is 6.09. The molecule has 4 heterocycles. The van der Waals surface area contributed by atoms with E-state index < -0.39 is 0 Å². The summed E-state index contributed by atoms with van der Waals surface area (Å²) in [6.45, 7) is 1.86. The molecule has 2 aliphatic rings. The van der Waals surface area contributed by atoms with Gasteiger partial charge in [-0.25, -0.2) is 4.98 Å². The van der Waals surface area contributed by atoms with Gasteiger partial charge in [0.2, 0.25) is 0 Å². The summed E-state index contributed by atoms with van der Waals surface area (Å²) in [5, 5.41) is 2.37. The van der Waals surface area contributed by atoms with Crippen LogP contribution in [0.5, 0.6) is 11.5 Å². The highest BCUT2D eigenvalue weighted by Crippen LogP contribution is 2.38. The van der Waals surface area contributed by atoms with Crippen molar-refractivity contribution in [3.05, 3.63) is 127 Å². The Morgan fingerprint density at radius 3 is 2.55 bits per heavy atom. The number of para-hydroxylation sites is 1. The molecule has 0 saturated carbocycles. The van der Waals surface area contributed by atoms with Gasteiger partial charge in [0.25, 0.3) is 0 Å². The van der Waals surface area contributed by atoms with E-state index in [9.17, 15) is 0 Å². The van der Waals surface area contributed by atoms with E-state index in [-0.39, 0.29) is 6.04 Å². The minimum Gasteiger partial charge on any atom is -0.459 e. The minimum atomic E-state index is 0.264. The van der Waals surface area contributed by atoms with E-state index in [2.05, 4.69) is 104 Å². The molecule has 0 fully saturated rings. The molecule has 0 N–H and O–H groups in total. The van der Waals surface area contributed by atoms with Gasteiger partial charge in [-0.15, -0.1) is 0 Å². The SMILES string of the molecule is [C-]1=[N+]2Cc3ccccc3C(C2)N1c1cccc(Oc2ccc3c4ccccc4n(-c4ccccn4)c3c2)c1. The Kier molecular flexibility index (Phi) is 4.64. The maximum Gasteiger partial charge on any atom is 0.137 e. The molecule has 4 aromatic carbocycles. The summed E-state index contributed by atoms with van der Waals surface area (Å²) in [6.07, 6.45) is 5.40. The van der Waals surface area contributed by atoms with E-state index in [1.54, 1.807) is 0 Å². The number of fused-ring (bicyclic) bond motifs is 7. The predicted octanol–water partition coefficient (Wildman–Crippen LogP) is 6.96. The molecule has 0 amide bonds. The fourth-order valence-electron chi connectivity index (χ4n) is 5.92. The van der Waals surface area contributed by atoms with E-state index >= 15 is 0 Å². The molecule has 8 rings (SSSR count). The van der Waals surface area contributed by atoms with Crippen LogP contribution in [0.3, 0.4) is 0 Å². The van der Waals surface area contributed by atoms with Crippen LogP contribution in [-0.4, -0.2) is 27.0 Å². The van der Waals surface area contributed by atoms with Gasteiger partial charge in [0.05, 0.1) is 17.6 Å². The first-order valence-electron chi connectivity index (χ1n) is 12.9. The van der Waals surface area contributed by atoms with Crippen molar-refractivity contribution in [2.24, 2.45) is 0 Å². The van der Waals surface area contributed by atoms with Crippen molar-refractivity contribution in [3.63, 3.8) is 0 Å². The first-order valence-corrected chi connectivity index (χ1v) is 12.9. The molecule has 0 radical (unpaired) electrons. The van der Waals surface area contributed by atoms with Crippen molar-refractivity contribution >= 4 is 33.8 Å². The van der Waals surface area contributed by atoms with E-state index in [1.165, 1.54) is 21.9 Å². The number of nitrogens with zero attached hydrogens (tertiary/aromatic N) is 4. The fraction of sp³-hybridized carbons (Fsp3) is 0.0909. The predicted molar refractivity (Wildman–Crippen MR) is 151 cm³/mol. The molecule has 2 aromatic heterocycles. The Balaban J connectivity index is 1.17. The van der Waals surface area contributed by atoms with Gasteiger partial charge >= 0.3 is 0 Å². The largest absolute Gasteiger partial charge is 0.459 e. The molecule has 1 atom stereocenters. The molecule has 38 heavy (non-hydrogen) atoms. The molecule has 5 nitrogen and oxygen atoms in total. The van der Waals surface area contributed by atoms with E-state index in [0.29, 0.717) is 0 Å². The third-order valence-corrected chi connectivity index (χ3v) is 7.58. The molecule has 2 aliphatic heterocycles. The van der Waals surface area contributed by atoms with E-state index in [1.807, 2.05) is 36.5 Å². The van der Waals surface area contributed by atoms with Crippen LogP contribution in [0.1, 0.15) is 17.2 Å². The number of ether oxygens (including phenoxy) is 1. The van der Waals surface area contributed by atoms with Crippen LogP contribution < -0.4 is 9.64 Å². The summed E-state index contributed by atoms with van der Waals surface area (Å²) in [4.78, 5) is 6.89. The second-order valence-electron chi connectivity index (χ2n) is 9.88. The lowest BCUT2D eigenvalue weighted by atomic mass is 9.96. The van der Waals surface area contributed by atoms with Crippen LogP contribution >= 0.6 is 0 Å². The Labute approximate surface area is 220 Å². The van der Waals surface area contributed by atoms with Crippen molar-refractivity contribution in [1.82, 2.24) is 9.55 Å². The number of pyridine rings is 1. The lowest BCUT2D eigenvalue weighted by Gasteiger charge is -2.28. The van der Waals surface area contributed by atoms with Gasteiger partial charge in [-0.05, 0) is 47.6 Å². The van der Waals surface area contributed by atoms with Crippen LogP contribution in [-0.2, 0) is 6.54 Å². The zero-order chi connectivity index (χ0) is 25.1. The maximum absolute atomic E-state index is 6.45. The zero-order valence-corrected chi connectivity index (χ0v) is 20.7. The average molecular weight is 493 g/mol. The van der Waals surface area contributed by atoms with Crippen molar-refractivity contribution < 1.29 is 9.31 Å². The van der Waals surface area contributed by atoms with Crippen LogP contribution in [0.15, 0.2) is 115 Å². The number of aromatic nitrogens is 2. The van der Waals surface area contributed by atoms with Gasteiger partial charge in [-0.2, -0.15) is 0 Å². The highest BCUT2D eigenvalue weighted by atomic mass is 16.5. The first-order chi connectivity index (χ1) is 18.8. The molecule has 0 aliphatic carbocycles. The summed E-state index contributed by atoms with van der Waals surface area (Å²) in [5.41, 5.74) is 6.03.